The Labute approximate surface area is 205 Å². The van der Waals surface area contributed by atoms with E-state index in [1.54, 1.807) is 0 Å². The van der Waals surface area contributed by atoms with Crippen LogP contribution in [-0.2, 0) is 23.8 Å². The summed E-state index contributed by atoms with van der Waals surface area (Å²) < 4.78 is 18.9. The maximum absolute atomic E-state index is 12.7. The maximum Gasteiger partial charge on any atom is 0.306 e. The summed E-state index contributed by atoms with van der Waals surface area (Å²) in [4.78, 5) is 25.3. The molecule has 3 aliphatic rings. The Balaban J connectivity index is 2.09. The highest BCUT2D eigenvalue weighted by Crippen LogP contribution is 2.56. The topological polar surface area (TPSA) is 82.1 Å². The van der Waals surface area contributed by atoms with Gasteiger partial charge in [-0.05, 0) is 62.9 Å². The molecule has 1 N–H and O–H groups in total. The average molecular weight is 477 g/mol. The third kappa shape index (κ3) is 5.28. The Bertz CT molecular complexity index is 788. The summed E-state index contributed by atoms with van der Waals surface area (Å²) in [5.41, 5.74) is 0.631. The van der Waals surface area contributed by atoms with Crippen LogP contribution in [-0.4, -0.2) is 47.1 Å². The lowest BCUT2D eigenvalue weighted by Crippen LogP contribution is -2.51. The Hall–Kier alpha value is -1.66. The molecular formula is C28H44O6. The molecule has 192 valence electrons. The molecule has 2 heterocycles. The van der Waals surface area contributed by atoms with Crippen LogP contribution < -0.4 is 0 Å². The lowest BCUT2D eigenvalue weighted by Gasteiger charge is -2.45. The standard InChI is InChI=1S/C28H44O6/c1-8-10-21(30)32-25-18(6)20(29)14-15-28(7,34-22(31)11-9-2)27-24-19(16(3)4)13-12-17(5)23(24)26(25)33-27/h16,19-20,23-27,29H,5-6,8-15H2,1-4,7H3. The number of aliphatic hydroxyl groups excluding tert-OH is 1. The van der Waals surface area contributed by atoms with Gasteiger partial charge in [0.25, 0.3) is 0 Å². The predicted molar refractivity (Wildman–Crippen MR) is 131 cm³/mol. The van der Waals surface area contributed by atoms with Crippen LogP contribution in [0.4, 0.5) is 0 Å². The van der Waals surface area contributed by atoms with Crippen molar-refractivity contribution in [3.8, 4) is 0 Å². The Morgan fingerprint density at radius 3 is 2.41 bits per heavy atom. The molecule has 0 radical (unpaired) electrons. The molecule has 3 rings (SSSR count). The van der Waals surface area contributed by atoms with Crippen molar-refractivity contribution in [3.05, 3.63) is 24.3 Å². The van der Waals surface area contributed by atoms with Gasteiger partial charge in [0.15, 0.2) is 6.10 Å². The summed E-state index contributed by atoms with van der Waals surface area (Å²) in [5, 5.41) is 11.0. The van der Waals surface area contributed by atoms with E-state index < -0.39 is 23.9 Å². The first-order valence-corrected chi connectivity index (χ1v) is 13.1. The second-order valence-electron chi connectivity index (χ2n) is 11.1. The molecule has 8 atom stereocenters. The van der Waals surface area contributed by atoms with Gasteiger partial charge >= 0.3 is 11.9 Å². The number of fused-ring (bicyclic) bond motifs is 5. The minimum atomic E-state index is -0.905. The van der Waals surface area contributed by atoms with E-state index in [0.717, 1.165) is 18.4 Å². The van der Waals surface area contributed by atoms with Crippen molar-refractivity contribution in [2.24, 2.45) is 23.7 Å². The largest absolute Gasteiger partial charge is 0.457 e. The van der Waals surface area contributed by atoms with Crippen molar-refractivity contribution < 1.29 is 28.9 Å². The number of carbonyl (C=O) groups excluding carboxylic acids is 2. The maximum atomic E-state index is 12.7. The molecule has 6 heteroatoms. The summed E-state index contributed by atoms with van der Waals surface area (Å²) in [6.45, 7) is 18.9. The molecule has 1 aliphatic carbocycles. The zero-order chi connectivity index (χ0) is 25.2. The van der Waals surface area contributed by atoms with Crippen molar-refractivity contribution in [3.63, 3.8) is 0 Å². The molecule has 6 nitrogen and oxygen atoms in total. The molecule has 34 heavy (non-hydrogen) atoms. The van der Waals surface area contributed by atoms with E-state index in [0.29, 0.717) is 55.9 Å². The fourth-order valence-electron chi connectivity index (χ4n) is 6.37. The van der Waals surface area contributed by atoms with E-state index in [1.165, 1.54) is 0 Å². The second kappa shape index (κ2) is 10.9. The zero-order valence-corrected chi connectivity index (χ0v) is 21.7. The summed E-state index contributed by atoms with van der Waals surface area (Å²) in [6, 6.07) is 0. The highest BCUT2D eigenvalue weighted by molar-refractivity contribution is 5.70. The van der Waals surface area contributed by atoms with E-state index in [4.69, 9.17) is 14.2 Å². The van der Waals surface area contributed by atoms with Crippen LogP contribution in [0.25, 0.3) is 0 Å². The van der Waals surface area contributed by atoms with Gasteiger partial charge in [-0.25, -0.2) is 0 Å². The first-order valence-electron chi connectivity index (χ1n) is 13.1. The lowest BCUT2D eigenvalue weighted by molar-refractivity contribution is -0.185. The molecule has 0 aromatic rings. The van der Waals surface area contributed by atoms with Crippen LogP contribution in [0.3, 0.4) is 0 Å². The Kier molecular flexibility index (Phi) is 8.67. The normalized spacial score (nSPS) is 38.0. The van der Waals surface area contributed by atoms with E-state index in [1.807, 2.05) is 20.8 Å². The van der Waals surface area contributed by atoms with Crippen molar-refractivity contribution in [2.45, 2.75) is 116 Å². The van der Waals surface area contributed by atoms with Crippen molar-refractivity contribution in [2.75, 3.05) is 0 Å². The molecule has 0 aromatic carbocycles. The molecular weight excluding hydrogens is 432 g/mol. The number of hydrogen-bond acceptors (Lipinski definition) is 6. The summed E-state index contributed by atoms with van der Waals surface area (Å²) in [6.07, 6.45) is 2.17. The predicted octanol–water partition coefficient (Wildman–Crippen LogP) is 5.13. The number of rotatable bonds is 7. The number of ether oxygens (including phenoxy) is 3. The Morgan fingerprint density at radius 2 is 1.79 bits per heavy atom. The van der Waals surface area contributed by atoms with E-state index in [-0.39, 0.29) is 29.9 Å². The molecule has 8 unspecified atom stereocenters. The highest BCUT2D eigenvalue weighted by atomic mass is 16.6. The van der Waals surface area contributed by atoms with Crippen LogP contribution in [0.5, 0.6) is 0 Å². The second-order valence-corrected chi connectivity index (χ2v) is 11.1. The van der Waals surface area contributed by atoms with Crippen LogP contribution in [0, 0.1) is 23.7 Å². The van der Waals surface area contributed by atoms with Gasteiger partial charge < -0.3 is 19.3 Å². The fourth-order valence-corrected chi connectivity index (χ4v) is 6.37. The fraction of sp³-hybridized carbons (Fsp3) is 0.786. The molecule has 3 fully saturated rings. The van der Waals surface area contributed by atoms with Gasteiger partial charge in [-0.3, -0.25) is 9.59 Å². The van der Waals surface area contributed by atoms with E-state index in [9.17, 15) is 14.7 Å². The Morgan fingerprint density at radius 1 is 1.15 bits per heavy atom. The highest BCUT2D eigenvalue weighted by Gasteiger charge is 2.61. The van der Waals surface area contributed by atoms with Crippen LogP contribution in [0.1, 0.15) is 86.0 Å². The first-order chi connectivity index (χ1) is 16.0. The van der Waals surface area contributed by atoms with E-state index in [2.05, 4.69) is 27.0 Å². The molecule has 2 saturated heterocycles. The van der Waals surface area contributed by atoms with E-state index >= 15 is 0 Å². The average Bonchev–Trinajstić information content (AvgIpc) is 3.18. The van der Waals surface area contributed by atoms with Gasteiger partial charge in [-0.2, -0.15) is 0 Å². The van der Waals surface area contributed by atoms with Gasteiger partial charge in [0.1, 0.15) is 17.8 Å². The van der Waals surface area contributed by atoms with Gasteiger partial charge in [0.05, 0.1) is 6.10 Å². The number of carbonyl (C=O) groups is 2. The first kappa shape index (κ1) is 26.9. The lowest BCUT2D eigenvalue weighted by atomic mass is 9.60. The zero-order valence-electron chi connectivity index (χ0n) is 21.7. The number of aliphatic hydroxyl groups is 1. The number of hydrogen-bond donors (Lipinski definition) is 1. The molecule has 0 amide bonds. The minimum Gasteiger partial charge on any atom is -0.457 e. The van der Waals surface area contributed by atoms with Gasteiger partial charge in [0, 0.05) is 24.7 Å². The quantitative estimate of drug-likeness (QED) is 0.405. The molecule has 2 bridgehead atoms. The smallest absolute Gasteiger partial charge is 0.306 e. The monoisotopic (exact) mass is 476 g/mol. The van der Waals surface area contributed by atoms with Crippen LogP contribution in [0.15, 0.2) is 24.3 Å². The van der Waals surface area contributed by atoms with Crippen molar-refractivity contribution in [1.82, 2.24) is 0 Å². The molecule has 1 saturated carbocycles. The minimum absolute atomic E-state index is 0.0585. The summed E-state index contributed by atoms with van der Waals surface area (Å²) in [7, 11) is 0. The third-order valence-electron chi connectivity index (χ3n) is 8.16. The molecule has 0 aromatic heterocycles. The number of esters is 2. The van der Waals surface area contributed by atoms with Crippen LogP contribution in [0.2, 0.25) is 0 Å². The van der Waals surface area contributed by atoms with Gasteiger partial charge in [-0.1, -0.05) is 46.4 Å². The molecule has 2 aliphatic heterocycles. The van der Waals surface area contributed by atoms with Gasteiger partial charge in [-0.15, -0.1) is 0 Å². The molecule has 0 spiro atoms. The SMILES string of the molecule is C=C1C(O)CCC(C)(OC(=O)CCC)C2OC(C1OC(=O)CCC)C1C(=C)CCC(C(C)C)C12. The third-order valence-corrected chi connectivity index (χ3v) is 8.16. The van der Waals surface area contributed by atoms with Crippen LogP contribution >= 0.6 is 0 Å². The summed E-state index contributed by atoms with van der Waals surface area (Å²) >= 11 is 0. The van der Waals surface area contributed by atoms with Crippen molar-refractivity contribution >= 4 is 11.9 Å². The van der Waals surface area contributed by atoms with Gasteiger partial charge in [0.2, 0.25) is 0 Å². The summed E-state index contributed by atoms with van der Waals surface area (Å²) in [5.74, 6) is 0.238. The van der Waals surface area contributed by atoms with Crippen molar-refractivity contribution in [1.29, 1.82) is 0 Å².